The van der Waals surface area contributed by atoms with Gasteiger partial charge < -0.3 is 20.4 Å². The van der Waals surface area contributed by atoms with Crippen molar-refractivity contribution in [1.29, 1.82) is 0 Å². The molecule has 0 bridgehead atoms. The number of benzene rings is 1. The van der Waals surface area contributed by atoms with Crippen molar-refractivity contribution in [1.82, 2.24) is 25.1 Å². The maximum atomic E-state index is 13.0. The number of nitrogens with one attached hydrogen (secondary N) is 3. The van der Waals surface area contributed by atoms with E-state index in [1.807, 2.05) is 38.1 Å². The van der Waals surface area contributed by atoms with E-state index in [1.165, 1.54) is 0 Å². The molecule has 4 aromatic rings. The highest BCUT2D eigenvalue weighted by atomic mass is 16.4. The summed E-state index contributed by atoms with van der Waals surface area (Å²) in [5.41, 5.74) is 2.39. The molecule has 0 saturated carbocycles. The third-order valence-electron chi connectivity index (χ3n) is 5.35. The Morgan fingerprint density at radius 3 is 2.53 bits per heavy atom. The molecule has 0 atom stereocenters. The van der Waals surface area contributed by atoms with E-state index in [9.17, 15) is 4.79 Å². The fourth-order valence-electron chi connectivity index (χ4n) is 3.36. The number of amides is 1. The van der Waals surface area contributed by atoms with Crippen LogP contribution >= 0.6 is 0 Å². The summed E-state index contributed by atoms with van der Waals surface area (Å²) >= 11 is 0. The third-order valence-corrected chi connectivity index (χ3v) is 5.35. The van der Waals surface area contributed by atoms with Crippen molar-refractivity contribution in [2.75, 3.05) is 23.0 Å². The SMILES string of the molecule is CNc1nccc(CNc2ncccc2C(=O)Nc2ccc(C(C)(C)c3nnc(C)o3)cc2)n1. The molecule has 0 unspecified atom stereocenters. The van der Waals surface area contributed by atoms with E-state index in [0.717, 1.165) is 11.3 Å². The molecule has 34 heavy (non-hydrogen) atoms. The lowest BCUT2D eigenvalue weighted by Gasteiger charge is -2.21. The lowest BCUT2D eigenvalue weighted by Crippen LogP contribution is -2.20. The van der Waals surface area contributed by atoms with Crippen LogP contribution in [0.3, 0.4) is 0 Å². The molecule has 0 fully saturated rings. The molecule has 0 aliphatic heterocycles. The Balaban J connectivity index is 1.45. The summed E-state index contributed by atoms with van der Waals surface area (Å²) in [6.07, 6.45) is 3.31. The van der Waals surface area contributed by atoms with Crippen molar-refractivity contribution in [2.24, 2.45) is 0 Å². The van der Waals surface area contributed by atoms with Crippen LogP contribution in [0.4, 0.5) is 17.5 Å². The maximum absolute atomic E-state index is 13.0. The Kier molecular flexibility index (Phi) is 6.48. The van der Waals surface area contributed by atoms with Crippen molar-refractivity contribution < 1.29 is 9.21 Å². The van der Waals surface area contributed by atoms with Crippen LogP contribution < -0.4 is 16.0 Å². The predicted octanol–water partition coefficient (Wildman–Crippen LogP) is 3.80. The summed E-state index contributed by atoms with van der Waals surface area (Å²) in [7, 11) is 1.76. The molecular weight excluding hydrogens is 432 g/mol. The second-order valence-electron chi connectivity index (χ2n) is 8.16. The van der Waals surface area contributed by atoms with Crippen molar-refractivity contribution in [3.05, 3.63) is 83.5 Å². The van der Waals surface area contributed by atoms with E-state index >= 15 is 0 Å². The van der Waals surface area contributed by atoms with Gasteiger partial charge in [-0.2, -0.15) is 0 Å². The number of carbonyl (C=O) groups excluding carboxylic acids is 1. The third kappa shape index (κ3) is 5.01. The Bertz CT molecular complexity index is 1280. The second kappa shape index (κ2) is 9.65. The van der Waals surface area contributed by atoms with Gasteiger partial charge in [0.15, 0.2) is 0 Å². The summed E-state index contributed by atoms with van der Waals surface area (Å²) < 4.78 is 5.62. The molecule has 3 heterocycles. The first-order valence-electron chi connectivity index (χ1n) is 10.8. The Morgan fingerprint density at radius 2 is 1.82 bits per heavy atom. The molecule has 0 radical (unpaired) electrons. The molecule has 1 aromatic carbocycles. The minimum Gasteiger partial charge on any atom is -0.425 e. The van der Waals surface area contributed by atoms with Gasteiger partial charge in [0.25, 0.3) is 5.91 Å². The van der Waals surface area contributed by atoms with Crippen molar-refractivity contribution in [2.45, 2.75) is 32.7 Å². The number of carbonyl (C=O) groups is 1. The van der Waals surface area contributed by atoms with E-state index in [4.69, 9.17) is 4.42 Å². The number of nitrogens with zero attached hydrogens (tertiary/aromatic N) is 5. The predicted molar refractivity (Wildman–Crippen MR) is 129 cm³/mol. The molecule has 0 aliphatic rings. The lowest BCUT2D eigenvalue weighted by atomic mass is 9.84. The van der Waals surface area contributed by atoms with Crippen LogP contribution in [0.1, 0.15) is 47.2 Å². The maximum Gasteiger partial charge on any atom is 0.259 e. The highest BCUT2D eigenvalue weighted by Gasteiger charge is 2.29. The van der Waals surface area contributed by atoms with Gasteiger partial charge in [-0.25, -0.2) is 15.0 Å². The zero-order chi connectivity index (χ0) is 24.1. The normalized spacial score (nSPS) is 11.2. The molecule has 10 heteroatoms. The van der Waals surface area contributed by atoms with Crippen LogP contribution in [-0.2, 0) is 12.0 Å². The summed E-state index contributed by atoms with van der Waals surface area (Å²) in [6.45, 7) is 6.18. The smallest absolute Gasteiger partial charge is 0.259 e. The van der Waals surface area contributed by atoms with Crippen molar-refractivity contribution in [3.63, 3.8) is 0 Å². The van der Waals surface area contributed by atoms with Crippen LogP contribution in [-0.4, -0.2) is 38.1 Å². The minimum absolute atomic E-state index is 0.270. The van der Waals surface area contributed by atoms with E-state index < -0.39 is 5.41 Å². The number of hydrogen-bond donors (Lipinski definition) is 3. The lowest BCUT2D eigenvalue weighted by molar-refractivity contribution is 0.102. The Morgan fingerprint density at radius 1 is 1.03 bits per heavy atom. The first kappa shape index (κ1) is 22.8. The van der Waals surface area contributed by atoms with Crippen molar-refractivity contribution in [3.8, 4) is 0 Å². The summed E-state index contributed by atoms with van der Waals surface area (Å²) in [5, 5.41) is 17.1. The number of pyridine rings is 1. The quantitative estimate of drug-likeness (QED) is 0.361. The van der Waals surface area contributed by atoms with Gasteiger partial charge >= 0.3 is 0 Å². The Hall–Kier alpha value is -4.34. The fraction of sp³-hybridized carbons (Fsp3) is 0.250. The molecular formula is C24H26N8O2. The molecule has 0 spiro atoms. The summed E-state index contributed by atoms with van der Waals surface area (Å²) in [6, 6.07) is 12.8. The largest absolute Gasteiger partial charge is 0.425 e. The van der Waals surface area contributed by atoms with Gasteiger partial charge in [0.1, 0.15) is 5.82 Å². The summed E-state index contributed by atoms with van der Waals surface area (Å²) in [4.78, 5) is 25.8. The highest BCUT2D eigenvalue weighted by molar-refractivity contribution is 6.07. The molecule has 174 valence electrons. The number of aromatic nitrogens is 5. The van der Waals surface area contributed by atoms with E-state index in [1.54, 1.807) is 44.6 Å². The zero-order valence-electron chi connectivity index (χ0n) is 19.5. The van der Waals surface area contributed by atoms with Crippen LogP contribution in [0.25, 0.3) is 0 Å². The topological polar surface area (TPSA) is 131 Å². The van der Waals surface area contributed by atoms with Gasteiger partial charge in [-0.15, -0.1) is 10.2 Å². The van der Waals surface area contributed by atoms with Crippen LogP contribution in [0.15, 0.2) is 59.3 Å². The molecule has 0 aliphatic carbocycles. The number of hydrogen-bond acceptors (Lipinski definition) is 9. The molecule has 3 N–H and O–H groups in total. The molecule has 10 nitrogen and oxygen atoms in total. The Labute approximate surface area is 197 Å². The average Bonchev–Trinajstić information content (AvgIpc) is 3.30. The first-order chi connectivity index (χ1) is 16.4. The minimum atomic E-state index is -0.460. The van der Waals surface area contributed by atoms with Crippen LogP contribution in [0.2, 0.25) is 0 Å². The van der Waals surface area contributed by atoms with Gasteiger partial charge in [0.2, 0.25) is 17.7 Å². The van der Waals surface area contributed by atoms with Gasteiger partial charge in [-0.05, 0) is 49.7 Å². The molecule has 1 amide bonds. The number of rotatable bonds is 8. The van der Waals surface area contributed by atoms with E-state index in [-0.39, 0.29) is 5.91 Å². The van der Waals surface area contributed by atoms with E-state index in [2.05, 4.69) is 41.1 Å². The van der Waals surface area contributed by atoms with Crippen LogP contribution in [0.5, 0.6) is 0 Å². The summed E-state index contributed by atoms with van der Waals surface area (Å²) in [5.74, 6) is 1.79. The molecule has 4 rings (SSSR count). The van der Waals surface area contributed by atoms with E-state index in [0.29, 0.717) is 41.3 Å². The number of aryl methyl sites for hydroxylation is 1. The number of anilines is 3. The van der Waals surface area contributed by atoms with Gasteiger partial charge in [0.05, 0.1) is 23.2 Å². The van der Waals surface area contributed by atoms with Gasteiger partial charge in [-0.1, -0.05) is 12.1 Å². The second-order valence-corrected chi connectivity index (χ2v) is 8.16. The molecule has 3 aromatic heterocycles. The van der Waals surface area contributed by atoms with Gasteiger partial charge in [-0.3, -0.25) is 4.79 Å². The standard InChI is InChI=1S/C24H26N8O2/c1-15-31-32-22(34-15)24(2,3)16-7-9-17(10-8-16)29-21(33)19-6-5-12-26-20(19)28-14-18-11-13-27-23(25-4)30-18/h5-13H,14H2,1-4H3,(H,26,28)(H,29,33)(H,25,27,30). The average molecular weight is 459 g/mol. The molecule has 0 saturated heterocycles. The monoisotopic (exact) mass is 458 g/mol. The van der Waals surface area contributed by atoms with Crippen LogP contribution in [0, 0.1) is 6.92 Å². The van der Waals surface area contributed by atoms with Crippen molar-refractivity contribution >= 4 is 23.4 Å². The highest BCUT2D eigenvalue weighted by Crippen LogP contribution is 2.31. The zero-order valence-corrected chi connectivity index (χ0v) is 19.5. The fourth-order valence-corrected chi connectivity index (χ4v) is 3.36. The first-order valence-corrected chi connectivity index (χ1v) is 10.8. The van der Waals surface area contributed by atoms with Gasteiger partial charge in [0, 0.05) is 32.1 Å².